The van der Waals surface area contributed by atoms with Crippen LogP contribution in [-0.2, 0) is 11.2 Å². The van der Waals surface area contributed by atoms with Crippen molar-refractivity contribution in [1.82, 2.24) is 0 Å². The predicted molar refractivity (Wildman–Crippen MR) is 137 cm³/mol. The maximum atomic E-state index is 14.4. The van der Waals surface area contributed by atoms with E-state index in [1.807, 2.05) is 19.1 Å². The summed E-state index contributed by atoms with van der Waals surface area (Å²) in [4.78, 5) is 14.1. The molecule has 5 heteroatoms. The van der Waals surface area contributed by atoms with Crippen LogP contribution in [0.25, 0.3) is 11.1 Å². The van der Waals surface area contributed by atoms with E-state index in [1.165, 1.54) is 22.9 Å². The molecule has 1 aliphatic heterocycles. The summed E-state index contributed by atoms with van der Waals surface area (Å²) in [6.07, 6.45) is 4.18. The second-order valence-corrected chi connectivity index (χ2v) is 10.0. The van der Waals surface area contributed by atoms with Crippen molar-refractivity contribution < 1.29 is 19.0 Å². The Morgan fingerprint density at radius 2 is 1.80 bits per heavy atom. The van der Waals surface area contributed by atoms with Crippen molar-refractivity contribution in [2.24, 2.45) is 11.8 Å². The number of aryl methyl sites for hydroxylation is 1. The first kappa shape index (κ1) is 23.4. The summed E-state index contributed by atoms with van der Waals surface area (Å²) in [6.45, 7) is 1.84. The highest BCUT2D eigenvalue weighted by Crippen LogP contribution is 2.48. The third kappa shape index (κ3) is 4.52. The summed E-state index contributed by atoms with van der Waals surface area (Å²) >= 11 is 0. The van der Waals surface area contributed by atoms with Gasteiger partial charge < -0.3 is 14.7 Å². The zero-order valence-corrected chi connectivity index (χ0v) is 20.5. The SMILES string of the molecule is COc1ccc(F)c(-c2ccc([C@@H]3CCc4ccc([C@H](C5CC5)[C@H](C)C(=O)O)cc4N3C)cc2)c1. The van der Waals surface area contributed by atoms with Crippen LogP contribution in [-0.4, -0.2) is 25.2 Å². The van der Waals surface area contributed by atoms with Crippen molar-refractivity contribution in [3.8, 4) is 16.9 Å². The van der Waals surface area contributed by atoms with Crippen LogP contribution in [0.1, 0.15) is 54.8 Å². The molecule has 35 heavy (non-hydrogen) atoms. The van der Waals surface area contributed by atoms with E-state index in [0.717, 1.165) is 36.8 Å². The number of methoxy groups -OCH3 is 1. The Morgan fingerprint density at radius 3 is 2.46 bits per heavy atom. The Balaban J connectivity index is 1.42. The van der Waals surface area contributed by atoms with Crippen LogP contribution in [0.15, 0.2) is 60.7 Å². The second kappa shape index (κ2) is 9.37. The average Bonchev–Trinajstić information content (AvgIpc) is 3.70. The smallest absolute Gasteiger partial charge is 0.306 e. The van der Waals surface area contributed by atoms with Crippen LogP contribution in [0, 0.1) is 17.7 Å². The lowest BCUT2D eigenvalue weighted by Gasteiger charge is -2.37. The first-order valence-electron chi connectivity index (χ1n) is 12.4. The number of fused-ring (bicyclic) bond motifs is 1. The van der Waals surface area contributed by atoms with E-state index in [0.29, 0.717) is 17.2 Å². The maximum Gasteiger partial charge on any atom is 0.306 e. The van der Waals surface area contributed by atoms with Gasteiger partial charge in [-0.3, -0.25) is 4.79 Å². The van der Waals surface area contributed by atoms with Crippen molar-refractivity contribution >= 4 is 11.7 Å². The summed E-state index contributed by atoms with van der Waals surface area (Å²) in [7, 11) is 3.70. The second-order valence-electron chi connectivity index (χ2n) is 10.0. The number of carboxylic acids is 1. The van der Waals surface area contributed by atoms with Gasteiger partial charge in [-0.15, -0.1) is 0 Å². The summed E-state index contributed by atoms with van der Waals surface area (Å²) in [5.41, 5.74) is 6.17. The molecule has 3 atom stereocenters. The lowest BCUT2D eigenvalue weighted by Crippen LogP contribution is -2.30. The monoisotopic (exact) mass is 473 g/mol. The van der Waals surface area contributed by atoms with Crippen molar-refractivity contribution in [3.05, 3.63) is 83.2 Å². The molecule has 3 aromatic rings. The average molecular weight is 474 g/mol. The molecule has 4 nitrogen and oxygen atoms in total. The lowest BCUT2D eigenvalue weighted by atomic mass is 9.81. The minimum Gasteiger partial charge on any atom is -0.497 e. The molecule has 0 radical (unpaired) electrons. The van der Waals surface area contributed by atoms with Gasteiger partial charge in [0.1, 0.15) is 11.6 Å². The Bertz CT molecular complexity index is 1230. The van der Waals surface area contributed by atoms with Gasteiger partial charge in [-0.25, -0.2) is 4.39 Å². The van der Waals surface area contributed by atoms with Crippen LogP contribution in [0.4, 0.5) is 10.1 Å². The number of rotatable bonds is 7. The lowest BCUT2D eigenvalue weighted by molar-refractivity contribution is -0.142. The molecule has 0 bridgehead atoms. The highest BCUT2D eigenvalue weighted by molar-refractivity contribution is 5.72. The third-order valence-electron chi connectivity index (χ3n) is 7.87. The van der Waals surface area contributed by atoms with Gasteiger partial charge in [-0.05, 0) is 84.0 Å². The molecule has 3 aromatic carbocycles. The van der Waals surface area contributed by atoms with Gasteiger partial charge in [-0.2, -0.15) is 0 Å². The Kier molecular flexibility index (Phi) is 6.26. The first-order chi connectivity index (χ1) is 16.9. The fraction of sp³-hybridized carbons (Fsp3) is 0.367. The first-order valence-corrected chi connectivity index (χ1v) is 12.4. The normalized spacial score (nSPS) is 19.1. The Hall–Kier alpha value is -3.34. The van der Waals surface area contributed by atoms with Gasteiger partial charge in [0.05, 0.1) is 19.1 Å². The highest BCUT2D eigenvalue weighted by Gasteiger charge is 2.39. The fourth-order valence-corrected chi connectivity index (χ4v) is 5.69. The number of hydrogen-bond donors (Lipinski definition) is 1. The standard InChI is InChI=1S/C30H32FNO3/c1-18(30(33)34)29(22-9-10-22)23-11-8-21-12-15-27(32(2)28(21)16-23)20-6-4-19(5-7-20)25-17-24(35-3)13-14-26(25)31/h4-8,11,13-14,16-18,22,27,29H,9-10,12,15H2,1-3H3,(H,33,34)/t18-,27-,29-/m0/s1. The van der Waals surface area contributed by atoms with Gasteiger partial charge in [0, 0.05) is 18.3 Å². The van der Waals surface area contributed by atoms with Crippen molar-refractivity contribution in [3.63, 3.8) is 0 Å². The zero-order chi connectivity index (χ0) is 24.7. The van der Waals surface area contributed by atoms with Gasteiger partial charge >= 0.3 is 5.97 Å². The highest BCUT2D eigenvalue weighted by atomic mass is 19.1. The van der Waals surface area contributed by atoms with Crippen LogP contribution >= 0.6 is 0 Å². The van der Waals surface area contributed by atoms with Gasteiger partial charge in [0.15, 0.2) is 0 Å². The van der Waals surface area contributed by atoms with E-state index < -0.39 is 11.9 Å². The van der Waals surface area contributed by atoms with Gasteiger partial charge in [0.2, 0.25) is 0 Å². The molecule has 1 N–H and O–H groups in total. The predicted octanol–water partition coefficient (Wildman–Crippen LogP) is 6.84. The number of carboxylic acid groups (broad SMARTS) is 1. The number of aliphatic carboxylic acids is 1. The Labute approximate surface area is 206 Å². The van der Waals surface area contributed by atoms with Crippen LogP contribution < -0.4 is 9.64 Å². The molecule has 0 unspecified atom stereocenters. The molecule has 0 saturated heterocycles. The number of hydrogen-bond acceptors (Lipinski definition) is 3. The summed E-state index contributed by atoms with van der Waals surface area (Å²) in [6, 6.07) is 19.7. The molecular weight excluding hydrogens is 441 g/mol. The molecule has 0 spiro atoms. The van der Waals surface area contributed by atoms with E-state index in [4.69, 9.17) is 4.74 Å². The van der Waals surface area contributed by atoms with E-state index in [-0.39, 0.29) is 17.8 Å². The Morgan fingerprint density at radius 1 is 1.06 bits per heavy atom. The summed E-state index contributed by atoms with van der Waals surface area (Å²) < 4.78 is 19.7. The number of ether oxygens (including phenoxy) is 1. The molecule has 0 aromatic heterocycles. The van der Waals surface area contributed by atoms with Crippen LogP contribution in [0.5, 0.6) is 5.75 Å². The van der Waals surface area contributed by atoms with Gasteiger partial charge in [-0.1, -0.05) is 43.3 Å². The van der Waals surface area contributed by atoms with Crippen molar-refractivity contribution in [2.45, 2.75) is 44.6 Å². The van der Waals surface area contributed by atoms with Crippen molar-refractivity contribution in [1.29, 1.82) is 0 Å². The molecule has 1 aliphatic carbocycles. The van der Waals surface area contributed by atoms with E-state index in [1.54, 1.807) is 19.2 Å². The van der Waals surface area contributed by atoms with E-state index in [2.05, 4.69) is 42.3 Å². The molecule has 2 aliphatic rings. The summed E-state index contributed by atoms with van der Waals surface area (Å²) in [5, 5.41) is 9.68. The minimum absolute atomic E-state index is 0.0589. The number of halogens is 1. The zero-order valence-electron chi connectivity index (χ0n) is 20.5. The number of carbonyl (C=O) groups is 1. The van der Waals surface area contributed by atoms with Gasteiger partial charge in [0.25, 0.3) is 0 Å². The largest absolute Gasteiger partial charge is 0.497 e. The summed E-state index contributed by atoms with van der Waals surface area (Å²) in [5.74, 6) is -0.229. The number of anilines is 1. The molecule has 1 heterocycles. The number of benzene rings is 3. The number of nitrogens with zero attached hydrogens (tertiary/aromatic N) is 1. The molecule has 182 valence electrons. The molecular formula is C30H32FNO3. The van der Waals surface area contributed by atoms with Crippen LogP contribution in [0.3, 0.4) is 0 Å². The van der Waals surface area contributed by atoms with Crippen LogP contribution in [0.2, 0.25) is 0 Å². The molecule has 1 saturated carbocycles. The fourth-order valence-electron chi connectivity index (χ4n) is 5.69. The molecule has 1 fully saturated rings. The van der Waals surface area contributed by atoms with E-state index in [9.17, 15) is 14.3 Å². The minimum atomic E-state index is -0.724. The molecule has 5 rings (SSSR count). The quantitative estimate of drug-likeness (QED) is 0.408. The third-order valence-corrected chi connectivity index (χ3v) is 7.87. The maximum absolute atomic E-state index is 14.4. The van der Waals surface area contributed by atoms with Crippen molar-refractivity contribution in [2.75, 3.05) is 19.1 Å². The molecule has 0 amide bonds. The van der Waals surface area contributed by atoms with E-state index >= 15 is 0 Å². The topological polar surface area (TPSA) is 49.8 Å².